The van der Waals surface area contributed by atoms with E-state index in [4.69, 9.17) is 19.4 Å². The van der Waals surface area contributed by atoms with Crippen LogP contribution in [-0.4, -0.2) is 21.2 Å². The van der Waals surface area contributed by atoms with Crippen molar-refractivity contribution in [3.05, 3.63) is 133 Å². The van der Waals surface area contributed by atoms with E-state index in [2.05, 4.69) is 135 Å². The molecule has 0 atom stereocenters. The predicted molar refractivity (Wildman–Crippen MR) is 196 cm³/mol. The Morgan fingerprint density at radius 2 is 1.35 bits per heavy atom. The number of fused-ring (bicyclic) bond motifs is 5. The summed E-state index contributed by atoms with van der Waals surface area (Å²) >= 11 is 0. The first kappa shape index (κ1) is 28.6. The van der Waals surface area contributed by atoms with Gasteiger partial charge in [-0.3, -0.25) is 9.55 Å². The van der Waals surface area contributed by atoms with Gasteiger partial charge in [-0.25, -0.2) is 4.98 Å². The maximum Gasteiger partial charge on any atom is 0.260 e. The Kier molecular flexibility index (Phi) is 6.38. The number of rotatable bonds is 4. The molecule has 2 aliphatic rings. The molecule has 0 amide bonds. The number of imidazole rings is 1. The maximum absolute atomic E-state index is 6.69. The van der Waals surface area contributed by atoms with Gasteiger partial charge in [0.2, 0.25) is 0 Å². The SMILES string of the molecule is CCc1cc2c3c(c1)Oc1ccc(-c4nc5ccccc5n4-c4ccccc4)cc1B3c1cc(-c3cc(C(C)(C)C)ccn3)ccc1O2. The fourth-order valence-corrected chi connectivity index (χ4v) is 7.17. The summed E-state index contributed by atoms with van der Waals surface area (Å²) in [6.07, 6.45) is 2.81. The van der Waals surface area contributed by atoms with Crippen LogP contribution in [0.4, 0.5) is 0 Å². The van der Waals surface area contributed by atoms with Crippen LogP contribution < -0.4 is 25.9 Å². The Morgan fingerprint density at radius 3 is 2.06 bits per heavy atom. The molecule has 6 heteroatoms. The van der Waals surface area contributed by atoms with Crippen molar-refractivity contribution in [2.24, 2.45) is 0 Å². The average Bonchev–Trinajstić information content (AvgIpc) is 3.51. The van der Waals surface area contributed by atoms with Crippen molar-refractivity contribution in [3.63, 3.8) is 0 Å². The van der Waals surface area contributed by atoms with E-state index in [1.54, 1.807) is 0 Å². The van der Waals surface area contributed by atoms with Crippen LogP contribution >= 0.6 is 0 Å². The maximum atomic E-state index is 6.69. The van der Waals surface area contributed by atoms with Crippen LogP contribution in [0.15, 0.2) is 121 Å². The number of nitrogens with zero attached hydrogens (tertiary/aromatic N) is 3. The minimum absolute atomic E-state index is 0.0200. The summed E-state index contributed by atoms with van der Waals surface area (Å²) < 4.78 is 15.6. The molecule has 0 fully saturated rings. The van der Waals surface area contributed by atoms with Crippen LogP contribution in [0.1, 0.15) is 38.8 Å². The van der Waals surface area contributed by atoms with Gasteiger partial charge < -0.3 is 9.47 Å². The van der Waals surface area contributed by atoms with Crippen molar-refractivity contribution in [1.82, 2.24) is 14.5 Å². The van der Waals surface area contributed by atoms with Crippen molar-refractivity contribution < 1.29 is 9.47 Å². The zero-order valence-corrected chi connectivity index (χ0v) is 27.5. The Balaban J connectivity index is 1.25. The number of aromatic nitrogens is 3. The molecule has 232 valence electrons. The van der Waals surface area contributed by atoms with E-state index in [0.717, 1.165) is 85.2 Å². The molecule has 0 spiro atoms. The van der Waals surface area contributed by atoms with Gasteiger partial charge in [0, 0.05) is 22.9 Å². The highest BCUT2D eigenvalue weighted by atomic mass is 16.5. The van der Waals surface area contributed by atoms with E-state index in [1.165, 1.54) is 11.1 Å². The Hall–Kier alpha value is -5.62. The average molecular weight is 624 g/mol. The Bertz CT molecular complexity index is 2370. The van der Waals surface area contributed by atoms with E-state index < -0.39 is 0 Å². The molecule has 5 nitrogen and oxygen atoms in total. The van der Waals surface area contributed by atoms with Crippen molar-refractivity contribution >= 4 is 34.1 Å². The molecular weight excluding hydrogens is 589 g/mol. The standard InChI is InChI=1S/C42H34BN3O2/c1-5-26-21-38-40-39(22-26)48-37-18-16-28(41-45-33-13-9-10-14-35(33)46(41)30-11-7-6-8-12-30)24-32(37)43(40)31-23-27(15-17-36(31)47-38)34-25-29(19-20-44-34)42(2,3)4/h6-25H,5H2,1-4H3. The third-order valence-electron chi connectivity index (χ3n) is 9.70. The summed E-state index contributed by atoms with van der Waals surface area (Å²) in [7, 11) is 0. The van der Waals surface area contributed by atoms with Gasteiger partial charge in [-0.05, 0) is 112 Å². The summed E-state index contributed by atoms with van der Waals surface area (Å²) in [5.41, 5.74) is 11.9. The van der Waals surface area contributed by atoms with Gasteiger partial charge in [0.1, 0.15) is 28.8 Å². The minimum atomic E-state index is -0.0892. The van der Waals surface area contributed by atoms with Crippen molar-refractivity contribution in [3.8, 4) is 51.3 Å². The Labute approximate surface area is 280 Å². The minimum Gasteiger partial charge on any atom is -0.458 e. The van der Waals surface area contributed by atoms with Gasteiger partial charge in [0.15, 0.2) is 0 Å². The van der Waals surface area contributed by atoms with E-state index in [-0.39, 0.29) is 12.1 Å². The number of benzene rings is 5. The van der Waals surface area contributed by atoms with Gasteiger partial charge in [0.25, 0.3) is 6.71 Å². The molecule has 0 radical (unpaired) electrons. The monoisotopic (exact) mass is 623 g/mol. The van der Waals surface area contributed by atoms with Gasteiger partial charge in [0.05, 0.1) is 16.7 Å². The third kappa shape index (κ3) is 4.55. The first-order valence-corrected chi connectivity index (χ1v) is 16.7. The number of pyridine rings is 1. The lowest BCUT2D eigenvalue weighted by Gasteiger charge is -2.33. The predicted octanol–water partition coefficient (Wildman–Crippen LogP) is 8.34. The Morgan fingerprint density at radius 1 is 0.688 bits per heavy atom. The van der Waals surface area contributed by atoms with Crippen LogP contribution in [0.5, 0.6) is 23.0 Å². The van der Waals surface area contributed by atoms with E-state index in [1.807, 2.05) is 18.3 Å². The molecule has 0 saturated carbocycles. The van der Waals surface area contributed by atoms with Crippen LogP contribution in [0.25, 0.3) is 39.4 Å². The van der Waals surface area contributed by atoms with Gasteiger partial charge in [-0.2, -0.15) is 0 Å². The summed E-state index contributed by atoms with van der Waals surface area (Å²) in [6, 6.07) is 40.4. The lowest BCUT2D eigenvalue weighted by molar-refractivity contribution is 0.463. The molecule has 7 aromatic rings. The third-order valence-corrected chi connectivity index (χ3v) is 9.70. The molecule has 0 bridgehead atoms. The second-order valence-corrected chi connectivity index (χ2v) is 13.8. The van der Waals surface area contributed by atoms with Crippen LogP contribution in [-0.2, 0) is 11.8 Å². The molecule has 0 unspecified atom stereocenters. The van der Waals surface area contributed by atoms with Crippen molar-refractivity contribution in [1.29, 1.82) is 0 Å². The normalized spacial score (nSPS) is 13.0. The van der Waals surface area contributed by atoms with E-state index in [0.29, 0.717) is 0 Å². The number of hydrogen-bond donors (Lipinski definition) is 0. The van der Waals surface area contributed by atoms with Gasteiger partial charge >= 0.3 is 0 Å². The van der Waals surface area contributed by atoms with Crippen molar-refractivity contribution in [2.45, 2.75) is 39.5 Å². The van der Waals surface area contributed by atoms with Crippen LogP contribution in [0, 0.1) is 0 Å². The lowest BCUT2D eigenvalue weighted by Crippen LogP contribution is -2.57. The zero-order chi connectivity index (χ0) is 32.6. The molecule has 48 heavy (non-hydrogen) atoms. The first-order chi connectivity index (χ1) is 23.4. The second kappa shape index (κ2) is 10.7. The molecule has 0 saturated heterocycles. The summed E-state index contributed by atoms with van der Waals surface area (Å²) in [6.45, 7) is 8.78. The summed E-state index contributed by atoms with van der Waals surface area (Å²) in [4.78, 5) is 9.98. The fourth-order valence-electron chi connectivity index (χ4n) is 7.17. The topological polar surface area (TPSA) is 49.2 Å². The molecule has 2 aromatic heterocycles. The first-order valence-electron chi connectivity index (χ1n) is 16.7. The number of hydrogen-bond acceptors (Lipinski definition) is 4. The highest BCUT2D eigenvalue weighted by Crippen LogP contribution is 2.38. The van der Waals surface area contributed by atoms with Gasteiger partial charge in [-0.1, -0.05) is 70.2 Å². The molecule has 0 aliphatic carbocycles. The van der Waals surface area contributed by atoms with E-state index in [9.17, 15) is 0 Å². The number of para-hydroxylation sites is 3. The van der Waals surface area contributed by atoms with E-state index >= 15 is 0 Å². The zero-order valence-electron chi connectivity index (χ0n) is 27.5. The molecule has 0 N–H and O–H groups in total. The van der Waals surface area contributed by atoms with Crippen molar-refractivity contribution in [2.75, 3.05) is 0 Å². The lowest BCUT2D eigenvalue weighted by atomic mass is 9.34. The second-order valence-electron chi connectivity index (χ2n) is 13.8. The smallest absolute Gasteiger partial charge is 0.260 e. The summed E-state index contributed by atoms with van der Waals surface area (Å²) in [5.74, 6) is 4.31. The van der Waals surface area contributed by atoms with Gasteiger partial charge in [-0.15, -0.1) is 0 Å². The van der Waals surface area contributed by atoms with Crippen LogP contribution in [0.3, 0.4) is 0 Å². The number of ether oxygens (including phenoxy) is 2. The van der Waals surface area contributed by atoms with Crippen LogP contribution in [0.2, 0.25) is 0 Å². The largest absolute Gasteiger partial charge is 0.458 e. The molecular formula is C42H34BN3O2. The molecule has 2 aliphatic heterocycles. The highest BCUT2D eigenvalue weighted by molar-refractivity contribution is 6.98. The molecule has 4 heterocycles. The molecule has 5 aromatic carbocycles. The quantitative estimate of drug-likeness (QED) is 0.185. The highest BCUT2D eigenvalue weighted by Gasteiger charge is 2.41. The molecule has 9 rings (SSSR count). The summed E-state index contributed by atoms with van der Waals surface area (Å²) in [5, 5.41) is 0. The number of aryl methyl sites for hydroxylation is 1. The fraction of sp³-hybridized carbons (Fsp3) is 0.143.